The zero-order chi connectivity index (χ0) is 13.2. The van der Waals surface area contributed by atoms with Crippen LogP contribution in [0.5, 0.6) is 0 Å². The zero-order valence-electron chi connectivity index (χ0n) is 12.2. The first-order chi connectivity index (χ1) is 8.53. The molecule has 0 saturated carbocycles. The van der Waals surface area contributed by atoms with Crippen molar-refractivity contribution in [2.45, 2.75) is 39.2 Å². The molecule has 0 fully saturated rings. The van der Waals surface area contributed by atoms with Gasteiger partial charge in [-0.1, -0.05) is 25.1 Å². The van der Waals surface area contributed by atoms with Gasteiger partial charge in [0.05, 0.1) is 0 Å². The first-order valence-electron chi connectivity index (χ1n) is 7.06. The summed E-state index contributed by atoms with van der Waals surface area (Å²) < 4.78 is 0. The van der Waals surface area contributed by atoms with Crippen molar-refractivity contribution in [1.29, 1.82) is 0 Å². The number of benzene rings is 1. The third kappa shape index (κ3) is 2.86. The normalized spacial score (nSPS) is 19.5. The number of hydrogen-bond donors (Lipinski definition) is 1. The highest BCUT2D eigenvalue weighted by Crippen LogP contribution is 2.26. The Morgan fingerprint density at radius 1 is 1.33 bits per heavy atom. The smallest absolute Gasteiger partial charge is 0.0372 e. The van der Waals surface area contributed by atoms with E-state index in [1.807, 2.05) is 0 Å². The summed E-state index contributed by atoms with van der Waals surface area (Å²) in [6.07, 6.45) is 2.40. The van der Waals surface area contributed by atoms with Crippen molar-refractivity contribution in [2.75, 3.05) is 25.5 Å². The van der Waals surface area contributed by atoms with Gasteiger partial charge in [-0.25, -0.2) is 0 Å². The van der Waals surface area contributed by atoms with Gasteiger partial charge in [-0.05, 0) is 51.3 Å². The van der Waals surface area contributed by atoms with Crippen LogP contribution in [0.3, 0.4) is 0 Å². The SMILES string of the molecule is CCC(C)(C)N(C)CC1CNc2ccccc2C1. The largest absolute Gasteiger partial charge is 0.384 e. The molecule has 2 heteroatoms. The molecule has 0 aromatic heterocycles. The van der Waals surface area contributed by atoms with Crippen LogP contribution in [0.1, 0.15) is 32.8 Å². The van der Waals surface area contributed by atoms with Crippen LogP contribution in [-0.2, 0) is 6.42 Å². The Labute approximate surface area is 111 Å². The average molecular weight is 246 g/mol. The average Bonchev–Trinajstić information content (AvgIpc) is 2.38. The fraction of sp³-hybridized carbons (Fsp3) is 0.625. The summed E-state index contributed by atoms with van der Waals surface area (Å²) in [6.45, 7) is 9.20. The summed E-state index contributed by atoms with van der Waals surface area (Å²) in [5, 5.41) is 3.56. The van der Waals surface area contributed by atoms with Crippen LogP contribution in [0.4, 0.5) is 5.69 Å². The van der Waals surface area contributed by atoms with Gasteiger partial charge >= 0.3 is 0 Å². The highest BCUT2D eigenvalue weighted by molar-refractivity contribution is 5.53. The van der Waals surface area contributed by atoms with Gasteiger partial charge in [0, 0.05) is 24.3 Å². The molecular weight excluding hydrogens is 220 g/mol. The Morgan fingerprint density at radius 2 is 2.06 bits per heavy atom. The highest BCUT2D eigenvalue weighted by Gasteiger charge is 2.25. The third-order valence-corrected chi connectivity index (χ3v) is 4.54. The predicted molar refractivity (Wildman–Crippen MR) is 79.1 cm³/mol. The molecule has 0 aliphatic carbocycles. The summed E-state index contributed by atoms with van der Waals surface area (Å²) >= 11 is 0. The third-order valence-electron chi connectivity index (χ3n) is 4.54. The van der Waals surface area contributed by atoms with Gasteiger partial charge in [-0.2, -0.15) is 0 Å². The molecule has 1 aliphatic rings. The van der Waals surface area contributed by atoms with Crippen molar-refractivity contribution >= 4 is 5.69 Å². The predicted octanol–water partition coefficient (Wildman–Crippen LogP) is 3.39. The molecule has 1 atom stereocenters. The number of hydrogen-bond acceptors (Lipinski definition) is 2. The molecule has 1 heterocycles. The maximum absolute atomic E-state index is 3.56. The molecule has 2 rings (SSSR count). The Kier molecular flexibility index (Phi) is 3.96. The van der Waals surface area contributed by atoms with E-state index < -0.39 is 0 Å². The molecule has 1 aliphatic heterocycles. The Morgan fingerprint density at radius 3 is 2.78 bits per heavy atom. The van der Waals surface area contributed by atoms with Crippen LogP contribution < -0.4 is 5.32 Å². The lowest BCUT2D eigenvalue weighted by molar-refractivity contribution is 0.129. The number of nitrogens with one attached hydrogen (secondary N) is 1. The second-order valence-electron chi connectivity index (χ2n) is 6.15. The first kappa shape index (κ1) is 13.4. The quantitative estimate of drug-likeness (QED) is 0.876. The fourth-order valence-corrected chi connectivity index (χ4v) is 2.54. The number of rotatable bonds is 4. The molecule has 1 aromatic carbocycles. The van der Waals surface area contributed by atoms with Gasteiger partial charge in [0.25, 0.3) is 0 Å². The minimum atomic E-state index is 0.303. The lowest BCUT2D eigenvalue weighted by atomic mass is 9.91. The number of fused-ring (bicyclic) bond motifs is 1. The van der Waals surface area contributed by atoms with Crippen LogP contribution in [0, 0.1) is 5.92 Å². The van der Waals surface area contributed by atoms with E-state index in [2.05, 4.69) is 62.3 Å². The topological polar surface area (TPSA) is 15.3 Å². The summed E-state index contributed by atoms with van der Waals surface area (Å²) in [5.41, 5.74) is 3.10. The minimum absolute atomic E-state index is 0.303. The summed E-state index contributed by atoms with van der Waals surface area (Å²) in [4.78, 5) is 2.51. The number of anilines is 1. The molecule has 0 radical (unpaired) electrons. The van der Waals surface area contributed by atoms with E-state index >= 15 is 0 Å². The van der Waals surface area contributed by atoms with Gasteiger partial charge in [0.15, 0.2) is 0 Å². The lowest BCUT2D eigenvalue weighted by Crippen LogP contribution is -2.45. The monoisotopic (exact) mass is 246 g/mol. The van der Waals surface area contributed by atoms with E-state index in [0.717, 1.165) is 12.5 Å². The molecule has 0 bridgehead atoms. The number of nitrogens with zero attached hydrogens (tertiary/aromatic N) is 1. The second-order valence-corrected chi connectivity index (χ2v) is 6.15. The highest BCUT2D eigenvalue weighted by atomic mass is 15.2. The maximum atomic E-state index is 3.56. The van der Waals surface area contributed by atoms with Crippen molar-refractivity contribution in [2.24, 2.45) is 5.92 Å². The van der Waals surface area contributed by atoms with Crippen molar-refractivity contribution < 1.29 is 0 Å². The van der Waals surface area contributed by atoms with E-state index in [-0.39, 0.29) is 0 Å². The summed E-state index contributed by atoms with van der Waals surface area (Å²) in [5.74, 6) is 0.718. The molecular formula is C16H26N2. The Balaban J connectivity index is 1.98. The molecule has 1 N–H and O–H groups in total. The van der Waals surface area contributed by atoms with Crippen LogP contribution in [0.2, 0.25) is 0 Å². The van der Waals surface area contributed by atoms with E-state index in [0.29, 0.717) is 5.54 Å². The maximum Gasteiger partial charge on any atom is 0.0372 e. The summed E-state index contributed by atoms with van der Waals surface area (Å²) in [6, 6.07) is 8.69. The molecule has 0 spiro atoms. The Hall–Kier alpha value is -1.02. The van der Waals surface area contributed by atoms with E-state index in [1.54, 1.807) is 0 Å². The van der Waals surface area contributed by atoms with Crippen molar-refractivity contribution in [1.82, 2.24) is 4.90 Å². The van der Waals surface area contributed by atoms with Gasteiger partial charge in [-0.3, -0.25) is 0 Å². The van der Waals surface area contributed by atoms with Gasteiger partial charge in [-0.15, -0.1) is 0 Å². The minimum Gasteiger partial charge on any atom is -0.384 e. The first-order valence-corrected chi connectivity index (χ1v) is 7.06. The molecule has 100 valence electrons. The van der Waals surface area contributed by atoms with Gasteiger partial charge in [0.2, 0.25) is 0 Å². The molecule has 0 saturated heterocycles. The standard InChI is InChI=1S/C16H26N2/c1-5-16(2,3)18(4)12-13-10-14-8-6-7-9-15(14)17-11-13/h6-9,13,17H,5,10-12H2,1-4H3. The molecule has 0 amide bonds. The second kappa shape index (κ2) is 5.31. The van der Waals surface area contributed by atoms with Gasteiger partial charge < -0.3 is 10.2 Å². The molecule has 2 nitrogen and oxygen atoms in total. The lowest BCUT2D eigenvalue weighted by Gasteiger charge is -2.38. The van der Waals surface area contributed by atoms with Crippen LogP contribution in [-0.4, -0.2) is 30.6 Å². The molecule has 1 unspecified atom stereocenters. The van der Waals surface area contributed by atoms with E-state index in [1.165, 1.54) is 30.6 Å². The van der Waals surface area contributed by atoms with Crippen molar-refractivity contribution in [3.05, 3.63) is 29.8 Å². The van der Waals surface area contributed by atoms with Crippen molar-refractivity contribution in [3.63, 3.8) is 0 Å². The Bertz CT molecular complexity index is 398. The van der Waals surface area contributed by atoms with Crippen LogP contribution in [0.15, 0.2) is 24.3 Å². The zero-order valence-corrected chi connectivity index (χ0v) is 12.2. The van der Waals surface area contributed by atoms with Gasteiger partial charge in [0.1, 0.15) is 0 Å². The van der Waals surface area contributed by atoms with Crippen LogP contribution in [0.25, 0.3) is 0 Å². The molecule has 18 heavy (non-hydrogen) atoms. The summed E-state index contributed by atoms with van der Waals surface area (Å²) in [7, 11) is 2.25. The van der Waals surface area contributed by atoms with E-state index in [9.17, 15) is 0 Å². The fourth-order valence-electron chi connectivity index (χ4n) is 2.54. The number of para-hydroxylation sites is 1. The molecule has 1 aromatic rings. The van der Waals surface area contributed by atoms with E-state index in [4.69, 9.17) is 0 Å². The van der Waals surface area contributed by atoms with Crippen molar-refractivity contribution in [3.8, 4) is 0 Å². The van der Waals surface area contributed by atoms with Crippen LogP contribution >= 0.6 is 0 Å².